The van der Waals surface area contributed by atoms with Crippen LogP contribution in [0.3, 0.4) is 0 Å². The number of hydrogen-bond donors (Lipinski definition) is 3. The summed E-state index contributed by atoms with van der Waals surface area (Å²) < 4.78 is 0. The van der Waals surface area contributed by atoms with Crippen LogP contribution in [0.4, 0.5) is 5.82 Å². The lowest BCUT2D eigenvalue weighted by molar-refractivity contribution is -0.140. The van der Waals surface area contributed by atoms with E-state index in [-0.39, 0.29) is 71.8 Å². The second-order valence-electron chi connectivity index (χ2n) is 8.27. The minimum atomic E-state index is -0.165. The molecule has 2 fully saturated rings. The SMILES string of the molecule is CN=C(NCCC(=O)Nc1ccc(C)cn1)NCCN1C(=O)C2C3C=CC(C3)C2C1=O.I. The minimum absolute atomic E-state index is 0. The van der Waals surface area contributed by atoms with Gasteiger partial charge in [-0.15, -0.1) is 24.0 Å². The van der Waals surface area contributed by atoms with Crippen LogP contribution >= 0.6 is 24.0 Å². The first kappa shape index (κ1) is 24.1. The third-order valence-electron chi connectivity index (χ3n) is 6.24. The standard InChI is InChI=1S/C22H28N6O3.HI/c1-13-3-6-16(26-12-13)27-17(29)7-8-24-22(23-2)25-9-10-28-20(30)18-14-4-5-15(11-14)19(18)21(28)31;/h3-6,12,14-15,18-19H,7-11H2,1-2H3,(H2,23,24,25)(H,26,27,29);1H. The molecule has 3 N–H and O–H groups in total. The van der Waals surface area contributed by atoms with Crippen LogP contribution in [0.5, 0.6) is 0 Å². The first-order chi connectivity index (χ1) is 15.0. The third kappa shape index (κ3) is 4.94. The number of rotatable bonds is 7. The molecule has 1 aromatic heterocycles. The van der Waals surface area contributed by atoms with E-state index < -0.39 is 0 Å². The number of imide groups is 1. The van der Waals surface area contributed by atoms with Crippen LogP contribution in [0.15, 0.2) is 35.5 Å². The van der Waals surface area contributed by atoms with Crippen LogP contribution in [0.25, 0.3) is 0 Å². The number of nitrogens with one attached hydrogen (secondary N) is 3. The zero-order valence-electron chi connectivity index (χ0n) is 18.2. The molecule has 2 heterocycles. The van der Waals surface area contributed by atoms with Crippen LogP contribution in [0, 0.1) is 30.6 Å². The van der Waals surface area contributed by atoms with E-state index in [0.717, 1.165) is 12.0 Å². The lowest BCUT2D eigenvalue weighted by atomic mass is 9.85. The number of nitrogens with zero attached hydrogens (tertiary/aromatic N) is 3. The number of fused-ring (bicyclic) bond motifs is 5. The Kier molecular flexibility index (Phi) is 7.86. The lowest BCUT2D eigenvalue weighted by Gasteiger charge is -2.18. The molecule has 2 bridgehead atoms. The Hall–Kier alpha value is -2.50. The van der Waals surface area contributed by atoms with Crippen LogP contribution < -0.4 is 16.0 Å². The van der Waals surface area contributed by atoms with E-state index >= 15 is 0 Å². The summed E-state index contributed by atoms with van der Waals surface area (Å²) in [5, 5.41) is 8.92. The molecule has 0 spiro atoms. The number of carbonyl (C=O) groups excluding carboxylic acids is 3. The normalized spacial score (nSPS) is 25.6. The van der Waals surface area contributed by atoms with E-state index in [4.69, 9.17) is 0 Å². The van der Waals surface area contributed by atoms with E-state index in [9.17, 15) is 14.4 Å². The van der Waals surface area contributed by atoms with Gasteiger partial charge in [-0.3, -0.25) is 24.3 Å². The van der Waals surface area contributed by atoms with E-state index in [1.54, 1.807) is 19.3 Å². The van der Waals surface area contributed by atoms with Crippen LogP contribution in [0.2, 0.25) is 0 Å². The lowest BCUT2D eigenvalue weighted by Crippen LogP contribution is -2.44. The number of aromatic nitrogens is 1. The van der Waals surface area contributed by atoms with Crippen molar-refractivity contribution >= 4 is 53.5 Å². The fourth-order valence-corrected chi connectivity index (χ4v) is 4.73. The number of carbonyl (C=O) groups is 3. The summed E-state index contributed by atoms with van der Waals surface area (Å²) in [7, 11) is 1.63. The van der Waals surface area contributed by atoms with Gasteiger partial charge in [0.05, 0.1) is 11.8 Å². The Balaban J connectivity index is 0.00000289. The summed E-state index contributed by atoms with van der Waals surface area (Å²) in [6, 6.07) is 3.65. The minimum Gasteiger partial charge on any atom is -0.356 e. The van der Waals surface area contributed by atoms with Crippen molar-refractivity contribution in [1.29, 1.82) is 0 Å². The Labute approximate surface area is 204 Å². The summed E-state index contributed by atoms with van der Waals surface area (Å²) >= 11 is 0. The molecule has 3 aliphatic rings. The molecular weight excluding hydrogens is 523 g/mol. The molecule has 32 heavy (non-hydrogen) atoms. The molecule has 2 aliphatic carbocycles. The number of guanidine groups is 1. The van der Waals surface area contributed by atoms with Gasteiger partial charge in [0, 0.05) is 39.3 Å². The maximum Gasteiger partial charge on any atom is 0.233 e. The van der Waals surface area contributed by atoms with E-state index in [0.29, 0.717) is 31.4 Å². The van der Waals surface area contributed by atoms with Gasteiger partial charge >= 0.3 is 0 Å². The largest absolute Gasteiger partial charge is 0.356 e. The van der Waals surface area contributed by atoms with Crippen molar-refractivity contribution in [2.45, 2.75) is 19.8 Å². The maximum atomic E-state index is 12.7. The van der Waals surface area contributed by atoms with Gasteiger partial charge in [-0.05, 0) is 36.8 Å². The molecule has 4 rings (SSSR count). The van der Waals surface area contributed by atoms with E-state index in [2.05, 4.69) is 38.1 Å². The maximum absolute atomic E-state index is 12.7. The second-order valence-corrected chi connectivity index (χ2v) is 8.27. The van der Waals surface area contributed by atoms with Gasteiger partial charge in [0.2, 0.25) is 17.7 Å². The molecule has 1 saturated carbocycles. The summed E-state index contributed by atoms with van der Waals surface area (Å²) in [5.74, 6) is 0.912. The zero-order valence-corrected chi connectivity index (χ0v) is 20.5. The van der Waals surface area contributed by atoms with Crippen molar-refractivity contribution in [3.8, 4) is 0 Å². The summed E-state index contributed by atoms with van der Waals surface area (Å²) in [5.41, 5.74) is 1.03. The first-order valence-electron chi connectivity index (χ1n) is 10.7. The van der Waals surface area contributed by atoms with E-state index in [1.807, 2.05) is 13.0 Å². The van der Waals surface area contributed by atoms with Gasteiger partial charge in [-0.1, -0.05) is 18.2 Å². The fraction of sp³-hybridized carbons (Fsp3) is 0.500. The van der Waals surface area contributed by atoms with E-state index in [1.165, 1.54) is 4.90 Å². The van der Waals surface area contributed by atoms with Gasteiger partial charge in [-0.2, -0.15) is 0 Å². The molecule has 10 heteroatoms. The summed E-state index contributed by atoms with van der Waals surface area (Å²) in [6.07, 6.45) is 7.07. The average molecular weight is 552 g/mol. The predicted molar refractivity (Wildman–Crippen MR) is 131 cm³/mol. The number of allylic oxidation sites excluding steroid dienone is 2. The molecular formula is C22H29IN6O3. The quantitative estimate of drug-likeness (QED) is 0.155. The molecule has 1 saturated heterocycles. The van der Waals surface area contributed by atoms with Crippen LogP contribution in [0.1, 0.15) is 18.4 Å². The molecule has 1 aliphatic heterocycles. The highest BCUT2D eigenvalue weighted by Crippen LogP contribution is 2.52. The molecule has 4 atom stereocenters. The van der Waals surface area contributed by atoms with Crippen molar-refractivity contribution in [3.63, 3.8) is 0 Å². The fourth-order valence-electron chi connectivity index (χ4n) is 4.73. The number of amides is 3. The predicted octanol–water partition coefficient (Wildman–Crippen LogP) is 1.31. The second kappa shape index (κ2) is 10.4. The van der Waals surface area contributed by atoms with Crippen molar-refractivity contribution in [3.05, 3.63) is 36.0 Å². The summed E-state index contributed by atoms with van der Waals surface area (Å²) in [4.78, 5) is 47.1. The Bertz CT molecular complexity index is 902. The number of likely N-dealkylation sites (tertiary alicyclic amines) is 1. The van der Waals surface area contributed by atoms with Crippen molar-refractivity contribution < 1.29 is 14.4 Å². The number of aryl methyl sites for hydroxylation is 1. The third-order valence-corrected chi connectivity index (χ3v) is 6.24. The molecule has 1 aromatic rings. The van der Waals surface area contributed by atoms with Crippen LogP contribution in [-0.2, 0) is 14.4 Å². The van der Waals surface area contributed by atoms with Crippen molar-refractivity contribution in [2.75, 3.05) is 32.0 Å². The topological polar surface area (TPSA) is 116 Å². The highest BCUT2D eigenvalue weighted by atomic mass is 127. The molecule has 172 valence electrons. The average Bonchev–Trinajstić information content (AvgIpc) is 3.44. The number of anilines is 1. The smallest absolute Gasteiger partial charge is 0.233 e. The van der Waals surface area contributed by atoms with Crippen molar-refractivity contribution in [2.24, 2.45) is 28.7 Å². The Morgan fingerprint density at radius 2 is 1.78 bits per heavy atom. The highest BCUT2D eigenvalue weighted by Gasteiger charge is 2.58. The number of pyridine rings is 1. The van der Waals surface area contributed by atoms with Gasteiger partial charge in [0.25, 0.3) is 0 Å². The first-order valence-corrected chi connectivity index (χ1v) is 10.7. The van der Waals surface area contributed by atoms with Crippen molar-refractivity contribution in [1.82, 2.24) is 20.5 Å². The molecule has 0 aromatic carbocycles. The Morgan fingerprint density at radius 3 is 2.38 bits per heavy atom. The molecule has 3 amide bonds. The number of hydrogen-bond acceptors (Lipinski definition) is 5. The molecule has 0 radical (unpaired) electrons. The Morgan fingerprint density at radius 1 is 1.12 bits per heavy atom. The van der Waals surface area contributed by atoms with Gasteiger partial charge in [0.1, 0.15) is 5.82 Å². The van der Waals surface area contributed by atoms with Crippen LogP contribution in [-0.4, -0.2) is 60.2 Å². The van der Waals surface area contributed by atoms with Gasteiger partial charge in [-0.25, -0.2) is 4.98 Å². The zero-order chi connectivity index (χ0) is 22.0. The molecule has 9 nitrogen and oxygen atoms in total. The van der Waals surface area contributed by atoms with Gasteiger partial charge < -0.3 is 16.0 Å². The highest BCUT2D eigenvalue weighted by molar-refractivity contribution is 14.0. The summed E-state index contributed by atoms with van der Waals surface area (Å²) in [6.45, 7) is 3.03. The molecule has 4 unspecified atom stereocenters. The number of aliphatic imine (C=N–C) groups is 1. The van der Waals surface area contributed by atoms with Gasteiger partial charge in [0.15, 0.2) is 5.96 Å². The monoisotopic (exact) mass is 552 g/mol. The number of halogens is 1.